The van der Waals surface area contributed by atoms with Crippen LogP contribution in [-0.2, 0) is 6.54 Å². The van der Waals surface area contributed by atoms with E-state index in [1.807, 2.05) is 13.0 Å². The van der Waals surface area contributed by atoms with Gasteiger partial charge in [0, 0.05) is 11.6 Å². The quantitative estimate of drug-likeness (QED) is 0.478. The monoisotopic (exact) mass is 384 g/mol. The van der Waals surface area contributed by atoms with Crippen LogP contribution in [0.2, 0.25) is 0 Å². The van der Waals surface area contributed by atoms with Crippen molar-refractivity contribution in [1.82, 2.24) is 4.98 Å². The van der Waals surface area contributed by atoms with Gasteiger partial charge in [-0.2, -0.15) is 0 Å². The van der Waals surface area contributed by atoms with Gasteiger partial charge in [0.1, 0.15) is 17.1 Å². The Hall–Kier alpha value is -3.06. The maximum atomic E-state index is 14.1. The van der Waals surface area contributed by atoms with Gasteiger partial charge in [-0.05, 0) is 37.3 Å². The topological polar surface area (TPSA) is 46.3 Å². The van der Waals surface area contributed by atoms with Crippen LogP contribution in [0.1, 0.15) is 21.7 Å². The van der Waals surface area contributed by atoms with Crippen molar-refractivity contribution in [2.45, 2.75) is 13.5 Å². The smallest absolute Gasteiger partial charge is 0.260 e. The zero-order valence-corrected chi connectivity index (χ0v) is 15.1. The fourth-order valence-electron chi connectivity index (χ4n) is 2.78. The molecule has 2 heterocycles. The van der Waals surface area contributed by atoms with E-state index in [9.17, 15) is 13.6 Å². The molecule has 0 aliphatic rings. The minimum Gasteiger partial charge on any atom is -0.467 e. The molecular weight excluding hydrogens is 370 g/mol. The van der Waals surface area contributed by atoms with E-state index in [0.29, 0.717) is 16.0 Å². The molecular formula is C20H14F2N2O2S. The average molecular weight is 384 g/mol. The number of aromatic nitrogens is 1. The molecule has 0 saturated heterocycles. The second kappa shape index (κ2) is 6.92. The largest absolute Gasteiger partial charge is 0.467 e. The van der Waals surface area contributed by atoms with Crippen LogP contribution in [0.4, 0.5) is 13.9 Å². The standard InChI is InChI=1S/C20H14F2N2O2S/c1-12-4-2-5-13(8-12)19(25)24(11-15-6-3-7-26-15)20-23-18-16(22)9-14(21)10-17(18)27-20/h2-10H,11H2,1H3. The van der Waals surface area contributed by atoms with E-state index >= 15 is 0 Å². The van der Waals surface area contributed by atoms with Crippen molar-refractivity contribution in [3.63, 3.8) is 0 Å². The van der Waals surface area contributed by atoms with E-state index in [4.69, 9.17) is 4.42 Å². The zero-order chi connectivity index (χ0) is 19.0. The van der Waals surface area contributed by atoms with E-state index in [1.54, 1.807) is 30.3 Å². The van der Waals surface area contributed by atoms with Gasteiger partial charge in [-0.15, -0.1) is 0 Å². The number of nitrogens with zero attached hydrogens (tertiary/aromatic N) is 2. The first-order valence-electron chi connectivity index (χ1n) is 8.18. The fraction of sp³-hybridized carbons (Fsp3) is 0.100. The van der Waals surface area contributed by atoms with Crippen molar-refractivity contribution in [1.29, 1.82) is 0 Å². The highest BCUT2D eigenvalue weighted by Crippen LogP contribution is 2.33. The molecule has 4 rings (SSSR count). The number of rotatable bonds is 4. The molecule has 0 saturated carbocycles. The Balaban J connectivity index is 1.80. The molecule has 136 valence electrons. The van der Waals surface area contributed by atoms with Gasteiger partial charge in [0.05, 0.1) is 17.5 Å². The molecule has 0 spiro atoms. The van der Waals surface area contributed by atoms with Crippen molar-refractivity contribution in [2.24, 2.45) is 0 Å². The molecule has 0 fully saturated rings. The van der Waals surface area contributed by atoms with Gasteiger partial charge in [0.2, 0.25) is 0 Å². The number of fused-ring (bicyclic) bond motifs is 1. The first-order chi connectivity index (χ1) is 13.0. The van der Waals surface area contributed by atoms with Gasteiger partial charge < -0.3 is 4.42 Å². The molecule has 0 N–H and O–H groups in total. The minimum absolute atomic E-state index is 0.0397. The lowest BCUT2D eigenvalue weighted by Gasteiger charge is -2.19. The third kappa shape index (κ3) is 3.46. The molecule has 2 aromatic heterocycles. The van der Waals surface area contributed by atoms with Gasteiger partial charge in [0.15, 0.2) is 10.9 Å². The summed E-state index contributed by atoms with van der Waals surface area (Å²) in [7, 11) is 0. The summed E-state index contributed by atoms with van der Waals surface area (Å²) in [6.45, 7) is 2.02. The zero-order valence-electron chi connectivity index (χ0n) is 14.3. The van der Waals surface area contributed by atoms with E-state index in [0.717, 1.165) is 23.0 Å². The Kier molecular flexibility index (Phi) is 4.45. The average Bonchev–Trinajstić information content (AvgIpc) is 3.28. The minimum atomic E-state index is -0.756. The molecule has 0 radical (unpaired) electrons. The van der Waals surface area contributed by atoms with Crippen LogP contribution in [0.5, 0.6) is 0 Å². The second-order valence-electron chi connectivity index (χ2n) is 6.07. The molecule has 2 aromatic carbocycles. The summed E-state index contributed by atoms with van der Waals surface area (Å²) >= 11 is 1.06. The van der Waals surface area contributed by atoms with E-state index in [2.05, 4.69) is 4.98 Å². The van der Waals surface area contributed by atoms with Gasteiger partial charge in [-0.3, -0.25) is 9.69 Å². The number of furan rings is 1. The summed E-state index contributed by atoms with van der Waals surface area (Å²) in [5, 5.41) is 0.275. The van der Waals surface area contributed by atoms with Crippen LogP contribution in [0.15, 0.2) is 59.2 Å². The molecule has 7 heteroatoms. The maximum absolute atomic E-state index is 14.1. The van der Waals surface area contributed by atoms with Crippen molar-refractivity contribution in [2.75, 3.05) is 4.90 Å². The molecule has 0 bridgehead atoms. The van der Waals surface area contributed by atoms with Crippen LogP contribution in [0, 0.1) is 18.6 Å². The Labute approximate surface area is 157 Å². The number of benzene rings is 2. The first-order valence-corrected chi connectivity index (χ1v) is 8.99. The number of hydrogen-bond acceptors (Lipinski definition) is 4. The number of hydrogen-bond donors (Lipinski definition) is 0. The number of amides is 1. The summed E-state index contributed by atoms with van der Waals surface area (Å²) in [4.78, 5) is 18.8. The number of anilines is 1. The number of aryl methyl sites for hydroxylation is 1. The summed E-state index contributed by atoms with van der Waals surface area (Å²) in [5.74, 6) is -1.18. The van der Waals surface area contributed by atoms with Gasteiger partial charge in [-0.1, -0.05) is 29.0 Å². The van der Waals surface area contributed by atoms with Crippen LogP contribution < -0.4 is 4.90 Å². The predicted octanol–water partition coefficient (Wildman–Crippen LogP) is 5.32. The van der Waals surface area contributed by atoms with E-state index in [1.165, 1.54) is 17.2 Å². The van der Waals surface area contributed by atoms with Crippen LogP contribution in [-0.4, -0.2) is 10.9 Å². The third-order valence-electron chi connectivity index (χ3n) is 4.04. The Morgan fingerprint density at radius 2 is 2.04 bits per heavy atom. The van der Waals surface area contributed by atoms with Crippen molar-refractivity contribution in [3.05, 3.63) is 83.3 Å². The Bertz CT molecular complexity index is 1120. The molecule has 27 heavy (non-hydrogen) atoms. The summed E-state index contributed by atoms with van der Waals surface area (Å²) in [6.07, 6.45) is 1.51. The number of carbonyl (C=O) groups excluding carboxylic acids is 1. The normalized spacial score (nSPS) is 11.1. The summed E-state index contributed by atoms with van der Waals surface area (Å²) in [6, 6.07) is 12.6. The number of carbonyl (C=O) groups is 1. The first kappa shape index (κ1) is 17.4. The lowest BCUT2D eigenvalue weighted by molar-refractivity contribution is 0.0983. The molecule has 4 aromatic rings. The Morgan fingerprint density at radius 3 is 2.78 bits per heavy atom. The Morgan fingerprint density at radius 1 is 1.19 bits per heavy atom. The molecule has 0 unspecified atom stereocenters. The van der Waals surface area contributed by atoms with Crippen LogP contribution >= 0.6 is 11.3 Å². The highest BCUT2D eigenvalue weighted by Gasteiger charge is 2.24. The van der Waals surface area contributed by atoms with Crippen molar-refractivity contribution in [3.8, 4) is 0 Å². The van der Waals surface area contributed by atoms with E-state index < -0.39 is 11.6 Å². The lowest BCUT2D eigenvalue weighted by Crippen LogP contribution is -2.30. The molecule has 0 aliphatic carbocycles. The number of thiazole rings is 1. The van der Waals surface area contributed by atoms with E-state index in [-0.39, 0.29) is 23.1 Å². The third-order valence-corrected chi connectivity index (χ3v) is 5.06. The maximum Gasteiger partial charge on any atom is 0.260 e. The summed E-state index contributed by atoms with van der Waals surface area (Å²) in [5.41, 5.74) is 1.46. The predicted molar refractivity (Wildman–Crippen MR) is 99.9 cm³/mol. The van der Waals surface area contributed by atoms with Crippen LogP contribution in [0.3, 0.4) is 0 Å². The van der Waals surface area contributed by atoms with Gasteiger partial charge in [-0.25, -0.2) is 13.8 Å². The van der Waals surface area contributed by atoms with Crippen LogP contribution in [0.25, 0.3) is 10.2 Å². The molecule has 4 nitrogen and oxygen atoms in total. The lowest BCUT2D eigenvalue weighted by atomic mass is 10.1. The van der Waals surface area contributed by atoms with Gasteiger partial charge in [0.25, 0.3) is 5.91 Å². The SMILES string of the molecule is Cc1cccc(C(=O)N(Cc2ccco2)c2nc3c(F)cc(F)cc3s2)c1. The molecule has 0 aliphatic heterocycles. The second-order valence-corrected chi connectivity index (χ2v) is 7.08. The highest BCUT2D eigenvalue weighted by molar-refractivity contribution is 7.22. The van der Waals surface area contributed by atoms with Crippen molar-refractivity contribution < 1.29 is 18.0 Å². The fourth-order valence-corrected chi connectivity index (χ4v) is 3.78. The highest BCUT2D eigenvalue weighted by atomic mass is 32.1. The number of halogens is 2. The summed E-state index contributed by atoms with van der Waals surface area (Å²) < 4.78 is 33.3. The van der Waals surface area contributed by atoms with Gasteiger partial charge >= 0.3 is 0 Å². The van der Waals surface area contributed by atoms with Crippen molar-refractivity contribution >= 4 is 32.6 Å². The molecule has 0 atom stereocenters. The molecule has 1 amide bonds.